The van der Waals surface area contributed by atoms with Crippen LogP contribution in [0.4, 0.5) is 5.82 Å². The van der Waals surface area contributed by atoms with E-state index in [1.165, 1.54) is 25.7 Å². The predicted molar refractivity (Wildman–Crippen MR) is 122 cm³/mol. The molecule has 0 radical (unpaired) electrons. The summed E-state index contributed by atoms with van der Waals surface area (Å²) in [6, 6.07) is 2.66. The molecule has 4 heterocycles. The average Bonchev–Trinajstić information content (AvgIpc) is 3.72. The van der Waals surface area contributed by atoms with Crippen molar-refractivity contribution >= 4 is 17.0 Å². The van der Waals surface area contributed by atoms with E-state index in [0.717, 1.165) is 46.9 Å². The zero-order valence-electron chi connectivity index (χ0n) is 18.9. The van der Waals surface area contributed by atoms with Crippen molar-refractivity contribution in [2.24, 2.45) is 5.92 Å². The van der Waals surface area contributed by atoms with E-state index in [4.69, 9.17) is 19.7 Å². The highest BCUT2D eigenvalue weighted by atomic mass is 16.5. The fourth-order valence-corrected chi connectivity index (χ4v) is 4.23. The minimum absolute atomic E-state index is 0.0319. The van der Waals surface area contributed by atoms with Crippen molar-refractivity contribution in [1.29, 1.82) is 0 Å². The quantitative estimate of drug-likeness (QED) is 0.590. The van der Waals surface area contributed by atoms with Gasteiger partial charge >= 0.3 is 0 Å². The molecule has 0 amide bonds. The van der Waals surface area contributed by atoms with Gasteiger partial charge in [-0.25, -0.2) is 15.0 Å². The topological polar surface area (TPSA) is 69.0 Å². The van der Waals surface area contributed by atoms with Crippen molar-refractivity contribution in [3.05, 3.63) is 41.0 Å². The molecule has 3 aliphatic rings. The molecule has 1 saturated heterocycles. The van der Waals surface area contributed by atoms with E-state index in [9.17, 15) is 0 Å². The van der Waals surface area contributed by atoms with E-state index in [2.05, 4.69) is 45.7 Å². The number of nitrogens with zero attached hydrogens (tertiary/aromatic N) is 6. The summed E-state index contributed by atoms with van der Waals surface area (Å²) in [6.45, 7) is 7.60. The van der Waals surface area contributed by atoms with Gasteiger partial charge in [0.05, 0.1) is 41.8 Å². The molecule has 0 aromatic carbocycles. The molecule has 32 heavy (non-hydrogen) atoms. The van der Waals surface area contributed by atoms with Crippen molar-refractivity contribution < 1.29 is 4.74 Å². The summed E-state index contributed by atoms with van der Waals surface area (Å²) < 4.78 is 8.38. The first-order valence-electron chi connectivity index (χ1n) is 11.7. The Balaban J connectivity index is 1.36. The molecule has 7 nitrogen and oxygen atoms in total. The fourth-order valence-electron chi connectivity index (χ4n) is 4.23. The highest BCUT2D eigenvalue weighted by Crippen LogP contribution is 2.36. The maximum atomic E-state index is 6.30. The molecule has 2 atom stereocenters. The first-order valence-corrected chi connectivity index (χ1v) is 11.7. The van der Waals surface area contributed by atoms with Crippen LogP contribution < -0.4 is 4.90 Å². The van der Waals surface area contributed by atoms with Gasteiger partial charge in [-0.3, -0.25) is 4.68 Å². The minimum atomic E-state index is -0.0319. The highest BCUT2D eigenvalue weighted by Gasteiger charge is 2.31. The molecule has 2 aliphatic carbocycles. The van der Waals surface area contributed by atoms with Gasteiger partial charge in [-0.1, -0.05) is 11.8 Å². The van der Waals surface area contributed by atoms with Gasteiger partial charge in [-0.05, 0) is 52.5 Å². The number of rotatable bonds is 3. The Morgan fingerprint density at radius 1 is 1.03 bits per heavy atom. The third kappa shape index (κ3) is 3.84. The normalized spacial score (nSPS) is 23.3. The summed E-state index contributed by atoms with van der Waals surface area (Å²) in [7, 11) is 0. The second-order valence-electron chi connectivity index (χ2n) is 9.46. The Bertz CT molecular complexity index is 1250. The lowest BCUT2D eigenvalue weighted by Crippen LogP contribution is -2.43. The van der Waals surface area contributed by atoms with Gasteiger partial charge in [0.2, 0.25) is 0 Å². The SMILES string of the molecule is Cc1nc2nc(N3C[C@@H](c4cnn(C5CC5)c4)O[C@@H](C)C3)cc(C#CC3CC3)c2nc1C. The van der Waals surface area contributed by atoms with Crippen molar-refractivity contribution in [3.8, 4) is 11.8 Å². The first kappa shape index (κ1) is 19.7. The zero-order chi connectivity index (χ0) is 21.8. The van der Waals surface area contributed by atoms with Gasteiger partial charge in [-0.15, -0.1) is 0 Å². The molecule has 0 spiro atoms. The molecule has 3 aromatic heterocycles. The van der Waals surface area contributed by atoms with Crippen LogP contribution in [0.2, 0.25) is 0 Å². The average molecular weight is 429 g/mol. The summed E-state index contributed by atoms with van der Waals surface area (Å²) >= 11 is 0. The smallest absolute Gasteiger partial charge is 0.181 e. The van der Waals surface area contributed by atoms with E-state index in [1.54, 1.807) is 0 Å². The zero-order valence-corrected chi connectivity index (χ0v) is 18.9. The number of aromatic nitrogens is 5. The molecule has 2 saturated carbocycles. The van der Waals surface area contributed by atoms with Gasteiger partial charge in [0.15, 0.2) is 5.65 Å². The number of pyridine rings is 1. The van der Waals surface area contributed by atoms with Gasteiger partial charge < -0.3 is 9.64 Å². The second kappa shape index (κ2) is 7.56. The molecule has 3 aromatic rings. The van der Waals surface area contributed by atoms with E-state index >= 15 is 0 Å². The van der Waals surface area contributed by atoms with Crippen LogP contribution in [0.15, 0.2) is 18.5 Å². The lowest BCUT2D eigenvalue weighted by atomic mass is 10.1. The summed E-state index contributed by atoms with van der Waals surface area (Å²) in [5.41, 5.74) is 5.36. The molecule has 7 heteroatoms. The first-order chi connectivity index (χ1) is 15.5. The van der Waals surface area contributed by atoms with Gasteiger partial charge in [-0.2, -0.15) is 5.10 Å². The van der Waals surface area contributed by atoms with Crippen molar-refractivity contribution in [3.63, 3.8) is 0 Å². The molecule has 164 valence electrons. The summed E-state index contributed by atoms with van der Waals surface area (Å²) in [6.07, 6.45) is 9.00. The van der Waals surface area contributed by atoms with Crippen LogP contribution in [0.3, 0.4) is 0 Å². The van der Waals surface area contributed by atoms with Crippen molar-refractivity contribution in [2.75, 3.05) is 18.0 Å². The Labute approximate surface area is 188 Å². The molecular formula is C25H28N6O. The lowest BCUT2D eigenvalue weighted by molar-refractivity contribution is -0.0176. The number of aryl methyl sites for hydroxylation is 2. The van der Waals surface area contributed by atoms with Crippen LogP contribution in [0.1, 0.15) is 67.3 Å². The van der Waals surface area contributed by atoms with Gasteiger partial charge in [0.1, 0.15) is 17.4 Å². The van der Waals surface area contributed by atoms with Gasteiger partial charge in [0, 0.05) is 24.2 Å². The summed E-state index contributed by atoms with van der Waals surface area (Å²) in [5, 5.41) is 4.56. The van der Waals surface area contributed by atoms with Crippen LogP contribution >= 0.6 is 0 Å². The maximum absolute atomic E-state index is 6.30. The Morgan fingerprint density at radius 2 is 1.84 bits per heavy atom. The number of ether oxygens (including phenoxy) is 1. The number of morpholine rings is 1. The Kier molecular flexibility index (Phi) is 4.65. The van der Waals surface area contributed by atoms with Gasteiger partial charge in [0.25, 0.3) is 0 Å². The summed E-state index contributed by atoms with van der Waals surface area (Å²) in [4.78, 5) is 16.7. The number of hydrogen-bond donors (Lipinski definition) is 0. The predicted octanol–water partition coefficient (Wildman–Crippen LogP) is 3.90. The van der Waals surface area contributed by atoms with Crippen molar-refractivity contribution in [1.82, 2.24) is 24.7 Å². The van der Waals surface area contributed by atoms with Crippen LogP contribution in [0, 0.1) is 31.6 Å². The molecule has 6 rings (SSSR count). The van der Waals surface area contributed by atoms with Crippen LogP contribution in [0.25, 0.3) is 11.2 Å². The molecule has 0 unspecified atom stereocenters. The fraction of sp³-hybridized carbons (Fsp3) is 0.520. The summed E-state index contributed by atoms with van der Waals surface area (Å²) in [5.74, 6) is 8.20. The monoisotopic (exact) mass is 428 g/mol. The van der Waals surface area contributed by atoms with Crippen LogP contribution in [0.5, 0.6) is 0 Å². The molecular weight excluding hydrogens is 400 g/mol. The van der Waals surface area contributed by atoms with E-state index in [-0.39, 0.29) is 12.2 Å². The van der Waals surface area contributed by atoms with E-state index in [0.29, 0.717) is 17.6 Å². The molecule has 0 bridgehead atoms. The third-order valence-corrected chi connectivity index (χ3v) is 6.52. The third-order valence-electron chi connectivity index (χ3n) is 6.52. The molecule has 0 N–H and O–H groups in total. The number of hydrogen-bond acceptors (Lipinski definition) is 6. The van der Waals surface area contributed by atoms with E-state index in [1.807, 2.05) is 20.0 Å². The Morgan fingerprint density at radius 3 is 2.62 bits per heavy atom. The number of fused-ring (bicyclic) bond motifs is 1. The lowest BCUT2D eigenvalue weighted by Gasteiger charge is -2.37. The molecule has 3 fully saturated rings. The number of anilines is 1. The van der Waals surface area contributed by atoms with Crippen LogP contribution in [-0.4, -0.2) is 43.9 Å². The van der Waals surface area contributed by atoms with E-state index < -0.39 is 0 Å². The second-order valence-corrected chi connectivity index (χ2v) is 9.46. The van der Waals surface area contributed by atoms with Crippen LogP contribution in [-0.2, 0) is 4.74 Å². The minimum Gasteiger partial charge on any atom is -0.367 e. The van der Waals surface area contributed by atoms with Crippen molar-refractivity contribution in [2.45, 2.75) is 64.7 Å². The largest absolute Gasteiger partial charge is 0.367 e. The maximum Gasteiger partial charge on any atom is 0.181 e. The highest BCUT2D eigenvalue weighted by molar-refractivity contribution is 5.80. The standard InChI is InChI=1S/C25H28N6O/c1-15-12-30(14-22(32-15)20-11-26-31(13-20)21-8-9-21)23-10-19(7-6-18-4-5-18)24-25(29-23)28-17(3)16(2)27-24/h10-11,13,15,18,21-22H,4-5,8-9,12,14H2,1-3H3/t15-,22-/m0/s1. The molecule has 1 aliphatic heterocycles. The Hall–Kier alpha value is -2.98.